The van der Waals surface area contributed by atoms with Crippen LogP contribution in [0.1, 0.15) is 19.4 Å². The van der Waals surface area contributed by atoms with Gasteiger partial charge >= 0.3 is 0 Å². The number of H-pyrrole nitrogens is 1. The predicted octanol–water partition coefficient (Wildman–Crippen LogP) is 1.27. The maximum atomic E-state index is 9.07. The van der Waals surface area contributed by atoms with E-state index in [0.717, 1.165) is 12.0 Å². The van der Waals surface area contributed by atoms with Gasteiger partial charge < -0.3 is 5.11 Å². The maximum absolute atomic E-state index is 9.07. The van der Waals surface area contributed by atoms with Crippen LogP contribution in [0.25, 0.3) is 0 Å². The van der Waals surface area contributed by atoms with Gasteiger partial charge in [0.1, 0.15) is 0 Å². The van der Waals surface area contributed by atoms with Gasteiger partial charge in [-0.2, -0.15) is 5.10 Å². The lowest BCUT2D eigenvalue weighted by Gasteiger charge is -1.99. The highest BCUT2D eigenvalue weighted by Crippen LogP contribution is 2.16. The fourth-order valence-corrected chi connectivity index (χ4v) is 0.815. The van der Waals surface area contributed by atoms with Crippen molar-refractivity contribution in [2.75, 3.05) is 0 Å². The van der Waals surface area contributed by atoms with Crippen LogP contribution in [0.3, 0.4) is 0 Å². The molecule has 0 aliphatic heterocycles. The van der Waals surface area contributed by atoms with Gasteiger partial charge in [0, 0.05) is 5.56 Å². The summed E-state index contributed by atoms with van der Waals surface area (Å²) >= 11 is 0. The van der Waals surface area contributed by atoms with Crippen molar-refractivity contribution < 1.29 is 5.11 Å². The van der Waals surface area contributed by atoms with Crippen LogP contribution >= 0.6 is 0 Å². The zero-order valence-corrected chi connectivity index (χ0v) is 6.18. The first kappa shape index (κ1) is 7.12. The first-order valence-corrected chi connectivity index (χ1v) is 3.20. The fourth-order valence-electron chi connectivity index (χ4n) is 0.815. The summed E-state index contributed by atoms with van der Waals surface area (Å²) in [5.74, 6) is 1.44. The summed E-state index contributed by atoms with van der Waals surface area (Å²) in [6, 6.07) is 0. The van der Waals surface area contributed by atoms with Gasteiger partial charge in [0.2, 0.25) is 5.88 Å². The predicted molar refractivity (Wildman–Crippen MR) is 38.5 cm³/mol. The van der Waals surface area contributed by atoms with Gasteiger partial charge in [0.15, 0.2) is 0 Å². The SMILES string of the molecule is C[C](C)Cc1cn[nH]c1O. The number of nitrogens with zero attached hydrogens (tertiary/aromatic N) is 1. The number of hydrogen-bond donors (Lipinski definition) is 2. The smallest absolute Gasteiger partial charge is 0.209 e. The average molecular weight is 139 g/mol. The fraction of sp³-hybridized carbons (Fsp3) is 0.429. The second-order valence-corrected chi connectivity index (χ2v) is 2.63. The molecule has 0 unspecified atom stereocenters. The van der Waals surface area contributed by atoms with Crippen LogP contribution in [-0.4, -0.2) is 15.3 Å². The molecule has 1 rings (SSSR count). The summed E-state index contributed by atoms with van der Waals surface area (Å²) in [6.07, 6.45) is 2.44. The van der Waals surface area contributed by atoms with Crippen LogP contribution in [-0.2, 0) is 6.42 Å². The summed E-state index contributed by atoms with van der Waals surface area (Å²) in [7, 11) is 0. The van der Waals surface area contributed by atoms with E-state index in [9.17, 15) is 0 Å². The van der Waals surface area contributed by atoms with Crippen LogP contribution in [0, 0.1) is 5.92 Å². The highest BCUT2D eigenvalue weighted by Gasteiger charge is 2.04. The molecule has 3 heteroatoms. The van der Waals surface area contributed by atoms with Gasteiger partial charge in [-0.05, 0) is 12.3 Å². The van der Waals surface area contributed by atoms with Crippen molar-refractivity contribution in [3.63, 3.8) is 0 Å². The van der Waals surface area contributed by atoms with Gasteiger partial charge in [0.05, 0.1) is 6.20 Å². The van der Waals surface area contributed by atoms with Gasteiger partial charge in [-0.1, -0.05) is 13.8 Å². The van der Waals surface area contributed by atoms with E-state index < -0.39 is 0 Å². The molecule has 0 amide bonds. The van der Waals surface area contributed by atoms with Crippen LogP contribution < -0.4 is 0 Å². The van der Waals surface area contributed by atoms with Crippen LogP contribution in [0.4, 0.5) is 0 Å². The molecule has 0 saturated carbocycles. The zero-order chi connectivity index (χ0) is 7.56. The second kappa shape index (κ2) is 2.73. The van der Waals surface area contributed by atoms with Crippen molar-refractivity contribution in [3.8, 4) is 5.88 Å². The average Bonchev–Trinajstić information content (AvgIpc) is 2.15. The Hall–Kier alpha value is -0.990. The molecule has 0 fully saturated rings. The molecule has 1 aromatic rings. The third kappa shape index (κ3) is 1.50. The number of aromatic amines is 1. The molecule has 0 atom stereocenters. The molecule has 0 aromatic carbocycles. The molecule has 1 aromatic heterocycles. The third-order valence-electron chi connectivity index (χ3n) is 1.24. The molecule has 1 radical (unpaired) electrons. The minimum atomic E-state index is 0.182. The zero-order valence-electron chi connectivity index (χ0n) is 6.18. The first-order valence-electron chi connectivity index (χ1n) is 3.20. The van der Waals surface area contributed by atoms with Crippen LogP contribution in [0.2, 0.25) is 0 Å². The van der Waals surface area contributed by atoms with Crippen molar-refractivity contribution in [1.82, 2.24) is 10.2 Å². The van der Waals surface area contributed by atoms with Crippen molar-refractivity contribution in [1.29, 1.82) is 0 Å². The van der Waals surface area contributed by atoms with E-state index in [4.69, 9.17) is 5.11 Å². The largest absolute Gasteiger partial charge is 0.493 e. The van der Waals surface area contributed by atoms with Crippen molar-refractivity contribution in [2.24, 2.45) is 0 Å². The molecule has 0 aliphatic rings. The highest BCUT2D eigenvalue weighted by atomic mass is 16.3. The van der Waals surface area contributed by atoms with Crippen molar-refractivity contribution in [2.45, 2.75) is 20.3 Å². The van der Waals surface area contributed by atoms with E-state index in [0.29, 0.717) is 0 Å². The summed E-state index contributed by atoms with van der Waals surface area (Å²) in [5.41, 5.74) is 0.861. The number of nitrogens with one attached hydrogen (secondary N) is 1. The Kier molecular flexibility index (Phi) is 1.94. The van der Waals surface area contributed by atoms with E-state index in [1.54, 1.807) is 6.20 Å². The highest BCUT2D eigenvalue weighted by molar-refractivity contribution is 5.23. The van der Waals surface area contributed by atoms with Crippen LogP contribution in [0.5, 0.6) is 5.88 Å². The Bertz CT molecular complexity index is 205. The number of aromatic hydroxyl groups is 1. The molecular formula is C7H11N2O. The number of aromatic nitrogens is 2. The summed E-state index contributed by atoms with van der Waals surface area (Å²) < 4.78 is 0. The second-order valence-electron chi connectivity index (χ2n) is 2.63. The first-order chi connectivity index (χ1) is 4.70. The molecule has 2 N–H and O–H groups in total. The molecule has 0 bridgehead atoms. The lowest BCUT2D eigenvalue weighted by Crippen LogP contribution is -1.89. The molecule has 0 saturated heterocycles. The molecular weight excluding hydrogens is 128 g/mol. The normalized spacial score (nSPS) is 10.7. The van der Waals surface area contributed by atoms with E-state index >= 15 is 0 Å². The summed E-state index contributed by atoms with van der Waals surface area (Å²) in [6.45, 7) is 4.04. The molecule has 3 nitrogen and oxygen atoms in total. The maximum Gasteiger partial charge on any atom is 0.209 e. The quantitative estimate of drug-likeness (QED) is 0.648. The van der Waals surface area contributed by atoms with E-state index in [-0.39, 0.29) is 5.88 Å². The number of hydrogen-bond acceptors (Lipinski definition) is 2. The van der Waals surface area contributed by atoms with Gasteiger partial charge in [0.25, 0.3) is 0 Å². The Morgan fingerprint density at radius 2 is 2.40 bits per heavy atom. The molecule has 1 heterocycles. The van der Waals surface area contributed by atoms with Crippen molar-refractivity contribution >= 4 is 0 Å². The van der Waals surface area contributed by atoms with Crippen LogP contribution in [0.15, 0.2) is 6.20 Å². The summed E-state index contributed by atoms with van der Waals surface area (Å²) in [5, 5.41) is 15.2. The molecule has 0 spiro atoms. The van der Waals surface area contributed by atoms with Gasteiger partial charge in [-0.15, -0.1) is 0 Å². The molecule has 55 valence electrons. The Morgan fingerprint density at radius 1 is 1.70 bits per heavy atom. The minimum absolute atomic E-state index is 0.182. The number of rotatable bonds is 2. The Balaban J connectivity index is 2.65. The Morgan fingerprint density at radius 3 is 2.80 bits per heavy atom. The Labute approximate surface area is 60.1 Å². The molecule has 0 aliphatic carbocycles. The van der Waals surface area contributed by atoms with Gasteiger partial charge in [-0.3, -0.25) is 0 Å². The van der Waals surface area contributed by atoms with E-state index in [2.05, 4.69) is 10.2 Å². The van der Waals surface area contributed by atoms with E-state index in [1.807, 2.05) is 13.8 Å². The third-order valence-corrected chi connectivity index (χ3v) is 1.24. The minimum Gasteiger partial charge on any atom is -0.493 e. The topological polar surface area (TPSA) is 48.9 Å². The van der Waals surface area contributed by atoms with Crippen molar-refractivity contribution in [3.05, 3.63) is 17.7 Å². The lowest BCUT2D eigenvalue weighted by molar-refractivity contribution is 0.446. The lowest BCUT2D eigenvalue weighted by atomic mass is 10.1. The standard InChI is InChI=1S/C7H11N2O/c1-5(2)3-6-4-8-9-7(6)10/h4H,3H2,1-2H3,(H2,8,9,10). The van der Waals surface area contributed by atoms with Gasteiger partial charge in [-0.25, -0.2) is 5.10 Å². The molecule has 10 heavy (non-hydrogen) atoms. The monoisotopic (exact) mass is 139 g/mol. The van der Waals surface area contributed by atoms with E-state index in [1.165, 1.54) is 5.92 Å². The summed E-state index contributed by atoms with van der Waals surface area (Å²) in [4.78, 5) is 0.